The van der Waals surface area contributed by atoms with Gasteiger partial charge in [0.15, 0.2) is 5.70 Å². The predicted molar refractivity (Wildman–Crippen MR) is 89.4 cm³/mol. The number of carboxylic acid groups (broad SMARTS) is 1. The molecule has 1 aromatic rings. The number of nitriles is 1. The Labute approximate surface area is 149 Å². The monoisotopic (exact) mass is 356 g/mol. The Morgan fingerprint density at radius 1 is 1.15 bits per heavy atom. The maximum atomic E-state index is 12.3. The molecule has 0 aliphatic carbocycles. The van der Waals surface area contributed by atoms with Crippen LogP contribution in [-0.4, -0.2) is 42.9 Å². The lowest BCUT2D eigenvalue weighted by atomic mass is 9.74. The minimum atomic E-state index is -1.24. The van der Waals surface area contributed by atoms with E-state index in [0.29, 0.717) is 0 Å². The average Bonchev–Trinajstić information content (AvgIpc) is 2.65. The molecule has 0 amide bonds. The summed E-state index contributed by atoms with van der Waals surface area (Å²) in [5.74, 6) is -5.18. The molecule has 134 valence electrons. The van der Waals surface area contributed by atoms with Crippen molar-refractivity contribution in [2.45, 2.75) is 12.8 Å². The maximum Gasteiger partial charge on any atom is 0.338 e. The largest absolute Gasteiger partial charge is 0.481 e. The number of carbonyl (C=O) groups excluding carboxylic acids is 2. The van der Waals surface area contributed by atoms with E-state index in [2.05, 4.69) is 4.99 Å². The van der Waals surface area contributed by atoms with Crippen molar-refractivity contribution in [2.75, 3.05) is 14.2 Å². The first kappa shape index (κ1) is 18.9. The quantitative estimate of drug-likeness (QED) is 0.813. The molecular formula is C18H16N2O6. The molecule has 8 heteroatoms. The topological polar surface area (TPSA) is 126 Å². The Bertz CT molecular complexity index is 878. The Kier molecular flexibility index (Phi) is 5.52. The summed E-state index contributed by atoms with van der Waals surface area (Å²) >= 11 is 0. The van der Waals surface area contributed by atoms with Crippen LogP contribution in [0.15, 0.2) is 40.5 Å². The predicted octanol–water partition coefficient (Wildman–Crippen LogP) is 1.68. The van der Waals surface area contributed by atoms with Gasteiger partial charge in [-0.3, -0.25) is 4.79 Å². The van der Waals surface area contributed by atoms with Crippen LogP contribution in [0.25, 0.3) is 0 Å². The van der Waals surface area contributed by atoms with E-state index in [1.54, 1.807) is 18.2 Å². The first-order valence-electron chi connectivity index (χ1n) is 7.55. The second-order valence-electron chi connectivity index (χ2n) is 5.49. The van der Waals surface area contributed by atoms with Gasteiger partial charge in [0.2, 0.25) is 0 Å². The number of methoxy groups -OCH3 is 2. The third kappa shape index (κ3) is 3.19. The Morgan fingerprint density at radius 3 is 2.31 bits per heavy atom. The second kappa shape index (κ2) is 7.61. The summed E-state index contributed by atoms with van der Waals surface area (Å²) < 4.78 is 9.49. The second-order valence-corrected chi connectivity index (χ2v) is 5.49. The van der Waals surface area contributed by atoms with E-state index in [1.165, 1.54) is 26.2 Å². The molecule has 0 bridgehead atoms. The molecule has 2 atom stereocenters. The molecule has 0 saturated heterocycles. The highest BCUT2D eigenvalue weighted by Gasteiger charge is 2.43. The van der Waals surface area contributed by atoms with Gasteiger partial charge in [-0.1, -0.05) is 18.2 Å². The smallest absolute Gasteiger partial charge is 0.338 e. The number of aliphatic imine (C=N–C) groups is 1. The summed E-state index contributed by atoms with van der Waals surface area (Å²) in [6, 6.07) is 7.97. The lowest BCUT2D eigenvalue weighted by Crippen LogP contribution is -2.36. The zero-order valence-electron chi connectivity index (χ0n) is 14.3. The number of ether oxygens (including phenoxy) is 2. The fourth-order valence-electron chi connectivity index (χ4n) is 3.00. The third-order valence-electron chi connectivity index (χ3n) is 4.12. The minimum absolute atomic E-state index is 0.0969. The van der Waals surface area contributed by atoms with Gasteiger partial charge in [0, 0.05) is 11.6 Å². The molecule has 26 heavy (non-hydrogen) atoms. The molecule has 0 radical (unpaired) electrons. The number of benzene rings is 1. The van der Waals surface area contributed by atoms with Gasteiger partial charge in [-0.05, 0) is 18.6 Å². The van der Waals surface area contributed by atoms with Crippen LogP contribution in [-0.2, 0) is 19.1 Å². The van der Waals surface area contributed by atoms with E-state index >= 15 is 0 Å². The van der Waals surface area contributed by atoms with Gasteiger partial charge in [0.1, 0.15) is 12.0 Å². The van der Waals surface area contributed by atoms with Crippen molar-refractivity contribution in [3.63, 3.8) is 0 Å². The van der Waals surface area contributed by atoms with Gasteiger partial charge >= 0.3 is 17.9 Å². The SMILES string of the molecule is COC(=O)C1=C(C#N)N=C(C)C(C(=O)O)C1c1ccccc1C(=O)OC. The Morgan fingerprint density at radius 2 is 1.77 bits per heavy atom. The summed E-state index contributed by atoms with van der Waals surface area (Å²) in [6.45, 7) is 1.46. The zero-order chi connectivity index (χ0) is 19.4. The molecule has 0 fully saturated rings. The van der Waals surface area contributed by atoms with Crippen LogP contribution in [0.4, 0.5) is 0 Å². The van der Waals surface area contributed by atoms with Crippen LogP contribution in [0.5, 0.6) is 0 Å². The highest BCUT2D eigenvalue weighted by Crippen LogP contribution is 2.41. The van der Waals surface area contributed by atoms with Crippen molar-refractivity contribution in [3.8, 4) is 6.07 Å². The first-order valence-corrected chi connectivity index (χ1v) is 7.55. The highest BCUT2D eigenvalue weighted by atomic mass is 16.5. The summed E-state index contributed by atoms with van der Waals surface area (Å²) in [7, 11) is 2.31. The highest BCUT2D eigenvalue weighted by molar-refractivity contribution is 6.07. The number of hydrogen-bond donors (Lipinski definition) is 1. The summed E-state index contributed by atoms with van der Waals surface area (Å²) in [6.07, 6.45) is 0. The van der Waals surface area contributed by atoms with E-state index in [9.17, 15) is 24.8 Å². The number of hydrogen-bond acceptors (Lipinski definition) is 7. The van der Waals surface area contributed by atoms with Crippen LogP contribution >= 0.6 is 0 Å². The van der Waals surface area contributed by atoms with E-state index in [1.807, 2.05) is 0 Å². The molecule has 2 rings (SSSR count). The number of carboxylic acids is 1. The standard InChI is InChI=1S/C18H16N2O6/c1-9-13(16(21)22)14(15(18(24)26-3)12(8-19)20-9)10-6-4-5-7-11(10)17(23)25-2/h4-7,13-14H,1-3H3,(H,21,22). The van der Waals surface area contributed by atoms with Gasteiger partial charge in [-0.25, -0.2) is 14.6 Å². The van der Waals surface area contributed by atoms with E-state index in [-0.39, 0.29) is 28.1 Å². The molecule has 1 aliphatic rings. The Hall–Kier alpha value is -3.47. The van der Waals surface area contributed by atoms with Crippen molar-refractivity contribution < 1.29 is 29.0 Å². The summed E-state index contributed by atoms with van der Waals surface area (Å²) in [5.41, 5.74) is 0.0426. The molecular weight excluding hydrogens is 340 g/mol. The number of rotatable bonds is 4. The molecule has 0 saturated carbocycles. The average molecular weight is 356 g/mol. The van der Waals surface area contributed by atoms with Crippen molar-refractivity contribution in [1.29, 1.82) is 5.26 Å². The van der Waals surface area contributed by atoms with Crippen molar-refractivity contribution in [3.05, 3.63) is 46.7 Å². The molecule has 0 spiro atoms. The number of esters is 2. The third-order valence-corrected chi connectivity index (χ3v) is 4.12. The van der Waals surface area contributed by atoms with Gasteiger partial charge in [-0.2, -0.15) is 5.26 Å². The summed E-state index contributed by atoms with van der Waals surface area (Å²) in [5, 5.41) is 19.1. The number of allylic oxidation sites excluding steroid dienone is 1. The van der Waals surface area contributed by atoms with Crippen molar-refractivity contribution >= 4 is 23.6 Å². The van der Waals surface area contributed by atoms with E-state index < -0.39 is 29.7 Å². The number of aliphatic carboxylic acids is 1. The molecule has 1 heterocycles. The van der Waals surface area contributed by atoms with Crippen LogP contribution in [0.3, 0.4) is 0 Å². The summed E-state index contributed by atoms with van der Waals surface area (Å²) in [4.78, 5) is 40.3. The normalized spacial score (nSPS) is 19.2. The number of nitrogens with zero attached hydrogens (tertiary/aromatic N) is 2. The number of carbonyl (C=O) groups is 3. The van der Waals surface area contributed by atoms with Crippen molar-refractivity contribution in [2.24, 2.45) is 10.9 Å². The zero-order valence-corrected chi connectivity index (χ0v) is 14.3. The maximum absolute atomic E-state index is 12.3. The molecule has 0 aromatic heterocycles. The van der Waals surface area contributed by atoms with Gasteiger partial charge in [-0.15, -0.1) is 0 Å². The van der Waals surface area contributed by atoms with Crippen LogP contribution in [0.1, 0.15) is 28.8 Å². The van der Waals surface area contributed by atoms with Crippen LogP contribution in [0.2, 0.25) is 0 Å². The van der Waals surface area contributed by atoms with Gasteiger partial charge < -0.3 is 14.6 Å². The van der Waals surface area contributed by atoms with Crippen LogP contribution in [0, 0.1) is 17.2 Å². The fraction of sp³-hybridized carbons (Fsp3) is 0.278. The molecule has 8 nitrogen and oxygen atoms in total. The van der Waals surface area contributed by atoms with Gasteiger partial charge in [0.25, 0.3) is 0 Å². The van der Waals surface area contributed by atoms with Crippen LogP contribution < -0.4 is 0 Å². The molecule has 1 N–H and O–H groups in total. The Balaban J connectivity index is 2.84. The lowest BCUT2D eigenvalue weighted by molar-refractivity contribution is -0.140. The van der Waals surface area contributed by atoms with Gasteiger partial charge in [0.05, 0.1) is 25.4 Å². The van der Waals surface area contributed by atoms with Crippen molar-refractivity contribution in [1.82, 2.24) is 0 Å². The van der Waals surface area contributed by atoms with E-state index in [4.69, 9.17) is 9.47 Å². The first-order chi connectivity index (χ1) is 12.4. The molecule has 2 unspecified atom stereocenters. The van der Waals surface area contributed by atoms with E-state index in [0.717, 1.165) is 7.11 Å². The molecule has 1 aliphatic heterocycles. The molecule has 1 aromatic carbocycles. The minimum Gasteiger partial charge on any atom is -0.481 e. The fourth-order valence-corrected chi connectivity index (χ4v) is 3.00. The lowest BCUT2D eigenvalue weighted by Gasteiger charge is -2.30.